The molecule has 0 aromatic heterocycles. The van der Waals surface area contributed by atoms with E-state index < -0.39 is 19.9 Å². The van der Waals surface area contributed by atoms with Crippen molar-refractivity contribution in [1.82, 2.24) is 4.90 Å². The number of likely N-dealkylation sites (tertiary alicyclic amines) is 1. The second-order valence-corrected chi connectivity index (χ2v) is 17.9. The molecule has 1 aliphatic heterocycles. The van der Waals surface area contributed by atoms with Gasteiger partial charge < -0.3 is 14.3 Å². The topological polar surface area (TPSA) is 76.1 Å². The lowest BCUT2D eigenvalue weighted by Crippen LogP contribution is -2.50. The second-order valence-electron chi connectivity index (χ2n) is 12.7. The average Bonchev–Trinajstić information content (AvgIpc) is 3.20. The Kier molecular flexibility index (Phi) is 9.06. The van der Waals surface area contributed by atoms with Crippen LogP contribution in [0.2, 0.25) is 23.2 Å². The van der Waals surface area contributed by atoms with Crippen LogP contribution in [0.1, 0.15) is 82.0 Å². The molecule has 1 saturated heterocycles. The van der Waals surface area contributed by atoms with Crippen LogP contribution in [0, 0.1) is 0 Å². The molecule has 208 valence electrons. The second kappa shape index (κ2) is 11.4. The van der Waals surface area contributed by atoms with Gasteiger partial charge >= 0.3 is 12.1 Å². The lowest BCUT2D eigenvalue weighted by atomic mass is 10.0. The molecule has 2 aromatic carbocycles. The minimum atomic E-state index is -2.22. The van der Waals surface area contributed by atoms with Crippen molar-refractivity contribution in [3.05, 3.63) is 70.2 Å². The third kappa shape index (κ3) is 7.39. The van der Waals surface area contributed by atoms with Crippen LogP contribution in [-0.2, 0) is 15.6 Å². The van der Waals surface area contributed by atoms with Gasteiger partial charge in [0.05, 0.1) is 17.7 Å². The number of rotatable bonds is 7. The van der Waals surface area contributed by atoms with Crippen molar-refractivity contribution in [3.8, 4) is 0 Å². The van der Waals surface area contributed by atoms with Gasteiger partial charge in [-0.05, 0) is 93.6 Å². The maximum atomic E-state index is 13.7. The van der Waals surface area contributed by atoms with Crippen LogP contribution >= 0.6 is 11.6 Å². The van der Waals surface area contributed by atoms with Crippen molar-refractivity contribution in [2.75, 3.05) is 0 Å². The van der Waals surface area contributed by atoms with E-state index in [0.29, 0.717) is 11.4 Å². The SMILES string of the molecule is CC(C)(C)OC(=O)N1C(Cc2ccc(C(=O)O)cc2)CC[C@@H]1C(O[Si](C)(C)C(C)(C)C)c1ccc(Cl)cc1. The first kappa shape index (κ1) is 30.2. The Morgan fingerprint density at radius 3 is 2.08 bits per heavy atom. The van der Waals surface area contributed by atoms with E-state index >= 15 is 0 Å². The number of aromatic carboxylic acids is 1. The lowest BCUT2D eigenvalue weighted by molar-refractivity contribution is -0.00239. The molecular weight excluding hydrogens is 518 g/mol. The number of nitrogens with zero attached hydrogens (tertiary/aromatic N) is 1. The number of hydrogen-bond acceptors (Lipinski definition) is 4. The van der Waals surface area contributed by atoms with Crippen LogP contribution in [-0.4, -0.2) is 48.1 Å². The molecular formula is C30H42ClNO5Si. The Morgan fingerprint density at radius 1 is 1.00 bits per heavy atom. The predicted molar refractivity (Wildman–Crippen MR) is 154 cm³/mol. The zero-order valence-electron chi connectivity index (χ0n) is 23.9. The summed E-state index contributed by atoms with van der Waals surface area (Å²) in [5, 5.41) is 9.90. The Bertz CT molecular complexity index is 1120. The molecule has 6 nitrogen and oxygen atoms in total. The summed E-state index contributed by atoms with van der Waals surface area (Å²) in [6.45, 7) is 16.7. The molecule has 3 atom stereocenters. The summed E-state index contributed by atoms with van der Waals surface area (Å²) in [6, 6.07) is 14.3. The van der Waals surface area contributed by atoms with E-state index in [4.69, 9.17) is 20.8 Å². The third-order valence-electron chi connectivity index (χ3n) is 7.60. The summed E-state index contributed by atoms with van der Waals surface area (Å²) < 4.78 is 13.0. The summed E-state index contributed by atoms with van der Waals surface area (Å²) in [6.07, 6.45) is 1.46. The number of ether oxygens (including phenoxy) is 1. The van der Waals surface area contributed by atoms with Crippen LogP contribution in [0.5, 0.6) is 0 Å². The molecule has 0 bridgehead atoms. The minimum Gasteiger partial charge on any atom is -0.478 e. The molecule has 0 saturated carbocycles. The Balaban J connectivity index is 2.01. The van der Waals surface area contributed by atoms with Gasteiger partial charge in [-0.3, -0.25) is 4.90 Å². The lowest BCUT2D eigenvalue weighted by Gasteiger charge is -2.43. The largest absolute Gasteiger partial charge is 0.478 e. The first-order valence-corrected chi connectivity index (χ1v) is 16.5. The van der Waals surface area contributed by atoms with E-state index in [9.17, 15) is 14.7 Å². The van der Waals surface area contributed by atoms with Gasteiger partial charge in [0.2, 0.25) is 0 Å². The maximum absolute atomic E-state index is 13.7. The summed E-state index contributed by atoms with van der Waals surface area (Å²) in [5.41, 5.74) is 1.56. The first-order chi connectivity index (χ1) is 17.5. The van der Waals surface area contributed by atoms with Crippen LogP contribution in [0.15, 0.2) is 48.5 Å². The first-order valence-electron chi connectivity index (χ1n) is 13.3. The number of carboxylic acid groups (broad SMARTS) is 1. The van der Waals surface area contributed by atoms with Crippen molar-refractivity contribution in [1.29, 1.82) is 0 Å². The van der Waals surface area contributed by atoms with Gasteiger partial charge in [0.15, 0.2) is 8.32 Å². The number of carboxylic acids is 1. The van der Waals surface area contributed by atoms with Crippen LogP contribution in [0.3, 0.4) is 0 Å². The van der Waals surface area contributed by atoms with Crippen molar-refractivity contribution in [2.45, 2.75) is 103 Å². The van der Waals surface area contributed by atoms with Gasteiger partial charge in [0, 0.05) is 11.1 Å². The molecule has 0 spiro atoms. The quantitative estimate of drug-likeness (QED) is 0.347. The molecule has 0 radical (unpaired) electrons. The van der Waals surface area contributed by atoms with Gasteiger partial charge in [0.25, 0.3) is 0 Å². The van der Waals surface area contributed by atoms with Crippen molar-refractivity contribution < 1.29 is 23.9 Å². The molecule has 1 aliphatic rings. The van der Waals surface area contributed by atoms with E-state index in [0.717, 1.165) is 24.0 Å². The highest BCUT2D eigenvalue weighted by Gasteiger charge is 2.47. The van der Waals surface area contributed by atoms with Crippen LogP contribution in [0.25, 0.3) is 0 Å². The Hall–Kier alpha value is -2.35. The highest BCUT2D eigenvalue weighted by molar-refractivity contribution is 6.74. The summed E-state index contributed by atoms with van der Waals surface area (Å²) in [7, 11) is -2.22. The minimum absolute atomic E-state index is 0.0156. The van der Waals surface area contributed by atoms with Crippen LogP contribution in [0.4, 0.5) is 4.79 Å². The zero-order valence-corrected chi connectivity index (χ0v) is 25.6. The standard InChI is InChI=1S/C30H42ClNO5Si/c1-29(2,3)36-28(35)32-24(19-20-9-11-22(12-10-20)27(33)34)17-18-25(32)26(21-13-15-23(31)16-14-21)37-38(7,8)30(4,5)6/h9-16,24-26H,17-19H2,1-8H3,(H,33,34)/t24?,25-,26?/m1/s1. The molecule has 1 N–H and O–H groups in total. The molecule has 0 aliphatic carbocycles. The number of carbonyl (C=O) groups excluding carboxylic acids is 1. The number of carbonyl (C=O) groups is 2. The normalized spacial score (nSPS) is 19.3. The molecule has 38 heavy (non-hydrogen) atoms. The smallest absolute Gasteiger partial charge is 0.410 e. The fourth-order valence-electron chi connectivity index (χ4n) is 4.58. The van der Waals surface area contributed by atoms with E-state index in [1.807, 2.05) is 62.1 Å². The van der Waals surface area contributed by atoms with Gasteiger partial charge in [-0.1, -0.05) is 56.6 Å². The Morgan fingerprint density at radius 2 is 1.58 bits per heavy atom. The highest BCUT2D eigenvalue weighted by atomic mass is 35.5. The summed E-state index contributed by atoms with van der Waals surface area (Å²) in [4.78, 5) is 26.9. The van der Waals surface area contributed by atoms with Gasteiger partial charge in [-0.25, -0.2) is 9.59 Å². The monoisotopic (exact) mass is 559 g/mol. The van der Waals surface area contributed by atoms with E-state index in [-0.39, 0.29) is 34.9 Å². The maximum Gasteiger partial charge on any atom is 0.410 e. The fraction of sp³-hybridized carbons (Fsp3) is 0.533. The van der Waals surface area contributed by atoms with Crippen molar-refractivity contribution >= 4 is 32.0 Å². The average molecular weight is 560 g/mol. The molecule has 2 unspecified atom stereocenters. The van der Waals surface area contributed by atoms with E-state index in [2.05, 4.69) is 33.9 Å². The number of amides is 1. The fourth-order valence-corrected chi connectivity index (χ4v) is 5.99. The summed E-state index contributed by atoms with van der Waals surface area (Å²) in [5.74, 6) is -0.957. The molecule has 2 aromatic rings. The van der Waals surface area contributed by atoms with E-state index in [1.165, 1.54) is 0 Å². The van der Waals surface area contributed by atoms with Gasteiger partial charge in [-0.15, -0.1) is 0 Å². The van der Waals surface area contributed by atoms with E-state index in [1.54, 1.807) is 12.1 Å². The van der Waals surface area contributed by atoms with Crippen LogP contribution < -0.4 is 0 Å². The van der Waals surface area contributed by atoms with Gasteiger partial charge in [0.1, 0.15) is 5.60 Å². The molecule has 8 heteroatoms. The summed E-state index contributed by atoms with van der Waals surface area (Å²) >= 11 is 6.22. The molecule has 1 fully saturated rings. The third-order valence-corrected chi connectivity index (χ3v) is 12.3. The van der Waals surface area contributed by atoms with Gasteiger partial charge in [-0.2, -0.15) is 0 Å². The molecule has 1 amide bonds. The molecule has 3 rings (SSSR count). The Labute approximate surface area is 233 Å². The number of halogens is 1. The predicted octanol–water partition coefficient (Wildman–Crippen LogP) is 8.11. The van der Waals surface area contributed by atoms with Crippen molar-refractivity contribution in [3.63, 3.8) is 0 Å². The highest BCUT2D eigenvalue weighted by Crippen LogP contribution is 2.44. The number of hydrogen-bond donors (Lipinski definition) is 1. The number of benzene rings is 2. The molecule has 1 heterocycles. The van der Waals surface area contributed by atoms with Crippen molar-refractivity contribution in [2.24, 2.45) is 0 Å². The zero-order chi connectivity index (χ0) is 28.5.